The fraction of sp³-hybridized carbons (Fsp3) is 0.650. The molecule has 1 aromatic carbocycles. The summed E-state index contributed by atoms with van der Waals surface area (Å²) in [5.41, 5.74) is 1.20. The summed E-state index contributed by atoms with van der Waals surface area (Å²) in [6.07, 6.45) is 6.31. The molecule has 0 heterocycles. The van der Waals surface area contributed by atoms with E-state index in [1.54, 1.807) is 0 Å². The molecule has 23 heavy (non-hydrogen) atoms. The molecule has 1 aromatic rings. The van der Waals surface area contributed by atoms with E-state index in [-0.39, 0.29) is 5.91 Å². The summed E-state index contributed by atoms with van der Waals surface area (Å²) in [5.74, 6) is 4.25. The smallest absolute Gasteiger partial charge is 0.261 e. The highest BCUT2D eigenvalue weighted by Crippen LogP contribution is 2.58. The molecule has 0 saturated heterocycles. The molecule has 6 unspecified atom stereocenters. The number of fused-ring (bicyclic) bond motifs is 5. The average molecular weight is 313 g/mol. The van der Waals surface area contributed by atoms with Crippen LogP contribution in [0, 0.1) is 30.6 Å². The van der Waals surface area contributed by atoms with E-state index in [9.17, 15) is 4.79 Å². The molecular weight excluding hydrogens is 286 g/mol. The summed E-state index contributed by atoms with van der Waals surface area (Å²) in [7, 11) is 0. The van der Waals surface area contributed by atoms with Gasteiger partial charge in [-0.3, -0.25) is 4.79 Å². The van der Waals surface area contributed by atoms with Crippen LogP contribution in [0.25, 0.3) is 0 Å². The van der Waals surface area contributed by atoms with E-state index in [0.717, 1.165) is 29.4 Å². The van der Waals surface area contributed by atoms with E-state index in [1.165, 1.54) is 37.7 Å². The summed E-state index contributed by atoms with van der Waals surface area (Å²) < 4.78 is 5.80. The molecule has 1 N–H and O–H groups in total. The summed E-state index contributed by atoms with van der Waals surface area (Å²) >= 11 is 0. The SMILES string of the molecule is Cc1ccc(OC(C)C(=O)NC2CC3CC2C2CCCC32)cc1. The number of aryl methyl sites for hydroxylation is 1. The van der Waals surface area contributed by atoms with Crippen LogP contribution in [0.5, 0.6) is 5.75 Å². The van der Waals surface area contributed by atoms with Crippen LogP contribution in [0.1, 0.15) is 44.6 Å². The molecular formula is C20H27NO2. The maximum absolute atomic E-state index is 12.5. The van der Waals surface area contributed by atoms with E-state index in [0.29, 0.717) is 6.04 Å². The number of carbonyl (C=O) groups excluding carboxylic acids is 1. The highest BCUT2D eigenvalue weighted by molar-refractivity contribution is 5.81. The third kappa shape index (κ3) is 2.75. The fourth-order valence-corrected chi connectivity index (χ4v) is 5.41. The van der Waals surface area contributed by atoms with E-state index >= 15 is 0 Å². The van der Waals surface area contributed by atoms with Gasteiger partial charge in [-0.05, 0) is 75.3 Å². The number of hydrogen-bond donors (Lipinski definition) is 1. The first-order chi connectivity index (χ1) is 11.1. The highest BCUT2D eigenvalue weighted by Gasteiger charge is 2.54. The van der Waals surface area contributed by atoms with Gasteiger partial charge in [0.1, 0.15) is 5.75 Å². The molecule has 3 aliphatic rings. The fourth-order valence-electron chi connectivity index (χ4n) is 5.41. The molecule has 3 nitrogen and oxygen atoms in total. The molecule has 0 aromatic heterocycles. The first kappa shape index (κ1) is 15.0. The minimum Gasteiger partial charge on any atom is -0.481 e. The Morgan fingerprint density at radius 3 is 2.65 bits per heavy atom. The quantitative estimate of drug-likeness (QED) is 0.920. The molecule has 0 aliphatic heterocycles. The van der Waals surface area contributed by atoms with Crippen LogP contribution in [-0.2, 0) is 4.79 Å². The van der Waals surface area contributed by atoms with Crippen LogP contribution in [0.4, 0.5) is 0 Å². The molecule has 3 heteroatoms. The minimum atomic E-state index is -0.434. The van der Waals surface area contributed by atoms with Crippen molar-refractivity contribution in [2.24, 2.45) is 23.7 Å². The van der Waals surface area contributed by atoms with Gasteiger partial charge in [0.05, 0.1) is 0 Å². The van der Waals surface area contributed by atoms with Crippen molar-refractivity contribution in [2.75, 3.05) is 0 Å². The van der Waals surface area contributed by atoms with E-state index in [4.69, 9.17) is 4.74 Å². The first-order valence-corrected chi connectivity index (χ1v) is 9.15. The summed E-state index contributed by atoms with van der Waals surface area (Å²) in [5, 5.41) is 3.29. The summed E-state index contributed by atoms with van der Waals surface area (Å²) in [4.78, 5) is 12.5. The Morgan fingerprint density at radius 1 is 1.13 bits per heavy atom. The van der Waals surface area contributed by atoms with Gasteiger partial charge in [0.25, 0.3) is 5.91 Å². The van der Waals surface area contributed by atoms with Gasteiger partial charge in [0, 0.05) is 6.04 Å². The van der Waals surface area contributed by atoms with Crippen molar-refractivity contribution in [1.29, 1.82) is 0 Å². The zero-order valence-electron chi connectivity index (χ0n) is 14.1. The predicted molar refractivity (Wildman–Crippen MR) is 90.2 cm³/mol. The van der Waals surface area contributed by atoms with Gasteiger partial charge in [-0.1, -0.05) is 24.1 Å². The second-order valence-electron chi connectivity index (χ2n) is 7.84. The average Bonchev–Trinajstić information content (AvgIpc) is 3.21. The molecule has 3 aliphatic carbocycles. The predicted octanol–water partition coefficient (Wildman–Crippen LogP) is 3.70. The molecule has 3 saturated carbocycles. The summed E-state index contributed by atoms with van der Waals surface area (Å²) in [6, 6.07) is 8.27. The van der Waals surface area contributed by atoms with Crippen LogP contribution in [0.3, 0.4) is 0 Å². The number of carbonyl (C=O) groups is 1. The van der Waals surface area contributed by atoms with Crippen LogP contribution < -0.4 is 10.1 Å². The zero-order chi connectivity index (χ0) is 16.0. The Hall–Kier alpha value is -1.51. The third-order valence-corrected chi connectivity index (χ3v) is 6.46. The van der Waals surface area contributed by atoms with Gasteiger partial charge < -0.3 is 10.1 Å². The van der Waals surface area contributed by atoms with Crippen molar-refractivity contribution in [3.05, 3.63) is 29.8 Å². The van der Waals surface area contributed by atoms with Gasteiger partial charge in [-0.25, -0.2) is 0 Å². The van der Waals surface area contributed by atoms with Crippen molar-refractivity contribution in [3.63, 3.8) is 0 Å². The first-order valence-electron chi connectivity index (χ1n) is 9.15. The molecule has 3 fully saturated rings. The summed E-state index contributed by atoms with van der Waals surface area (Å²) in [6.45, 7) is 3.89. The minimum absolute atomic E-state index is 0.0395. The lowest BCUT2D eigenvalue weighted by molar-refractivity contribution is -0.128. The monoisotopic (exact) mass is 313 g/mol. The molecule has 0 radical (unpaired) electrons. The van der Waals surface area contributed by atoms with Crippen LogP contribution >= 0.6 is 0 Å². The second kappa shape index (κ2) is 5.85. The number of ether oxygens (including phenoxy) is 1. The molecule has 4 rings (SSSR count). The van der Waals surface area contributed by atoms with Crippen LogP contribution in [-0.4, -0.2) is 18.1 Å². The van der Waals surface area contributed by atoms with Gasteiger partial charge in [0.15, 0.2) is 6.10 Å². The lowest BCUT2D eigenvalue weighted by Gasteiger charge is -2.32. The van der Waals surface area contributed by atoms with Crippen molar-refractivity contribution in [1.82, 2.24) is 5.32 Å². The second-order valence-corrected chi connectivity index (χ2v) is 7.84. The largest absolute Gasteiger partial charge is 0.481 e. The zero-order valence-corrected chi connectivity index (χ0v) is 14.1. The van der Waals surface area contributed by atoms with Crippen molar-refractivity contribution >= 4 is 5.91 Å². The Kier molecular flexibility index (Phi) is 3.82. The van der Waals surface area contributed by atoms with E-state index < -0.39 is 6.10 Å². The highest BCUT2D eigenvalue weighted by atomic mass is 16.5. The molecule has 0 spiro atoms. The van der Waals surface area contributed by atoms with Gasteiger partial charge >= 0.3 is 0 Å². The lowest BCUT2D eigenvalue weighted by atomic mass is 9.79. The number of rotatable bonds is 4. The van der Waals surface area contributed by atoms with Crippen molar-refractivity contribution < 1.29 is 9.53 Å². The van der Waals surface area contributed by atoms with Crippen molar-refractivity contribution in [2.45, 2.75) is 58.1 Å². The van der Waals surface area contributed by atoms with E-state index in [1.807, 2.05) is 38.1 Å². The number of hydrogen-bond acceptors (Lipinski definition) is 2. The van der Waals surface area contributed by atoms with Gasteiger partial charge in [0.2, 0.25) is 0 Å². The Balaban J connectivity index is 1.34. The molecule has 2 bridgehead atoms. The van der Waals surface area contributed by atoms with Crippen molar-refractivity contribution in [3.8, 4) is 5.75 Å². The standard InChI is InChI=1S/C20H27NO2/c1-12-6-8-15(9-7-12)23-13(2)20(22)21-19-11-14-10-18(19)17-5-3-4-16(14)17/h6-9,13-14,16-19H,3-5,10-11H2,1-2H3,(H,21,22). The molecule has 6 atom stereocenters. The maximum Gasteiger partial charge on any atom is 0.261 e. The van der Waals surface area contributed by atoms with E-state index in [2.05, 4.69) is 5.32 Å². The number of amides is 1. The van der Waals surface area contributed by atoms with Crippen LogP contribution in [0.15, 0.2) is 24.3 Å². The molecule has 124 valence electrons. The normalized spacial score (nSPS) is 35.8. The topological polar surface area (TPSA) is 38.3 Å². The van der Waals surface area contributed by atoms with Gasteiger partial charge in [-0.2, -0.15) is 0 Å². The maximum atomic E-state index is 12.5. The Bertz CT molecular complexity index is 582. The number of nitrogens with one attached hydrogen (secondary N) is 1. The lowest BCUT2D eigenvalue weighted by Crippen LogP contribution is -2.47. The Morgan fingerprint density at radius 2 is 1.87 bits per heavy atom. The third-order valence-electron chi connectivity index (χ3n) is 6.46. The van der Waals surface area contributed by atoms with Gasteiger partial charge in [-0.15, -0.1) is 0 Å². The Labute approximate surface area is 138 Å². The number of benzene rings is 1. The molecule has 1 amide bonds. The van der Waals surface area contributed by atoms with Crippen LogP contribution in [0.2, 0.25) is 0 Å².